The number of carbonyl (C=O) groups is 3. The van der Waals surface area contributed by atoms with Gasteiger partial charge in [0.1, 0.15) is 6.04 Å². The Morgan fingerprint density at radius 2 is 1.63 bits per heavy atom. The van der Waals surface area contributed by atoms with Crippen LogP contribution in [0.2, 0.25) is 0 Å². The van der Waals surface area contributed by atoms with Gasteiger partial charge in [0.05, 0.1) is 12.1 Å². The summed E-state index contributed by atoms with van der Waals surface area (Å²) in [6.45, 7) is 15.2. The minimum atomic E-state index is -1.02. The van der Waals surface area contributed by atoms with Crippen molar-refractivity contribution in [3.05, 3.63) is 47.7 Å². The van der Waals surface area contributed by atoms with Crippen LogP contribution >= 0.6 is 0 Å². The van der Waals surface area contributed by atoms with Crippen LogP contribution in [0.4, 0.5) is 0 Å². The van der Waals surface area contributed by atoms with Crippen molar-refractivity contribution in [1.82, 2.24) is 20.1 Å². The zero-order valence-electron chi connectivity index (χ0n) is 24.8. The van der Waals surface area contributed by atoms with Gasteiger partial charge in [-0.2, -0.15) is 0 Å². The van der Waals surface area contributed by atoms with Crippen molar-refractivity contribution in [3.8, 4) is 0 Å². The van der Waals surface area contributed by atoms with Crippen LogP contribution in [-0.2, 0) is 26.8 Å². The molecule has 2 amide bonds. The van der Waals surface area contributed by atoms with Crippen LogP contribution in [0, 0.1) is 11.3 Å². The Hall–Kier alpha value is -3.13. The van der Waals surface area contributed by atoms with E-state index in [0.717, 1.165) is 16.5 Å². The average Bonchev–Trinajstić information content (AvgIpc) is 3.16. The summed E-state index contributed by atoms with van der Waals surface area (Å²) in [4.78, 5) is 40.7. The molecule has 0 saturated heterocycles. The molecule has 3 atom stereocenters. The van der Waals surface area contributed by atoms with Crippen molar-refractivity contribution in [2.45, 2.75) is 78.9 Å². The lowest BCUT2D eigenvalue weighted by Crippen LogP contribution is -2.61. The third kappa shape index (κ3) is 6.46. The summed E-state index contributed by atoms with van der Waals surface area (Å²) in [5.74, 6) is -1.59. The van der Waals surface area contributed by atoms with Gasteiger partial charge in [-0.25, -0.2) is 4.79 Å². The summed E-state index contributed by atoms with van der Waals surface area (Å²) in [5, 5.41) is 16.7. The number of para-hydroxylation sites is 1. The van der Waals surface area contributed by atoms with Gasteiger partial charge in [-0.1, -0.05) is 72.7 Å². The fourth-order valence-electron chi connectivity index (χ4n) is 5.13. The molecule has 0 aliphatic heterocycles. The SMILES string of the molecule is CN[C@H](C(=O)N[C@H](C(=O)N(C)[C@H](C=C(C)C(=O)O)C(C)C)C(C)(C)C)C(C)(C)c1cn(C)c2ccccc12. The number of carbonyl (C=O) groups excluding carboxylic acids is 2. The number of aryl methyl sites for hydroxylation is 1. The highest BCUT2D eigenvalue weighted by molar-refractivity contribution is 5.93. The first kappa shape index (κ1) is 31.1. The Balaban J connectivity index is 2.43. The molecule has 210 valence electrons. The van der Waals surface area contributed by atoms with E-state index in [2.05, 4.69) is 33.5 Å². The molecule has 1 heterocycles. The number of aliphatic carboxylic acids is 1. The molecule has 3 N–H and O–H groups in total. The van der Waals surface area contributed by atoms with Gasteiger partial charge in [-0.05, 0) is 36.9 Å². The zero-order chi connectivity index (χ0) is 29.2. The van der Waals surface area contributed by atoms with E-state index in [1.54, 1.807) is 25.1 Å². The lowest BCUT2D eigenvalue weighted by Gasteiger charge is -2.39. The summed E-state index contributed by atoms with van der Waals surface area (Å²) in [7, 11) is 5.41. The van der Waals surface area contributed by atoms with E-state index in [0.29, 0.717) is 0 Å². The highest BCUT2D eigenvalue weighted by Crippen LogP contribution is 2.35. The van der Waals surface area contributed by atoms with Crippen molar-refractivity contribution in [2.24, 2.45) is 18.4 Å². The maximum atomic E-state index is 13.9. The van der Waals surface area contributed by atoms with Crippen molar-refractivity contribution >= 4 is 28.7 Å². The number of amides is 2. The van der Waals surface area contributed by atoms with E-state index in [9.17, 15) is 19.5 Å². The third-order valence-corrected chi connectivity index (χ3v) is 7.50. The fraction of sp³-hybridized carbons (Fsp3) is 0.567. The molecule has 0 fully saturated rings. The topological polar surface area (TPSA) is 104 Å². The van der Waals surface area contributed by atoms with E-state index >= 15 is 0 Å². The zero-order valence-corrected chi connectivity index (χ0v) is 24.8. The van der Waals surface area contributed by atoms with Crippen LogP contribution in [0.5, 0.6) is 0 Å². The number of hydrogen-bond acceptors (Lipinski definition) is 4. The van der Waals surface area contributed by atoms with Crippen LogP contribution in [0.25, 0.3) is 10.9 Å². The van der Waals surface area contributed by atoms with Gasteiger partial charge >= 0.3 is 5.97 Å². The molecular weight excluding hydrogens is 480 g/mol. The predicted octanol–water partition coefficient (Wildman–Crippen LogP) is 4.09. The maximum absolute atomic E-state index is 13.9. The Bertz CT molecular complexity index is 1200. The molecular formula is C30H46N4O4. The van der Waals surface area contributed by atoms with Gasteiger partial charge in [0, 0.05) is 42.2 Å². The Morgan fingerprint density at radius 3 is 2.13 bits per heavy atom. The number of carboxylic acid groups (broad SMARTS) is 1. The second-order valence-corrected chi connectivity index (χ2v) is 12.3. The molecule has 8 heteroatoms. The van der Waals surface area contributed by atoms with E-state index in [1.807, 2.05) is 67.6 Å². The number of carboxylic acids is 1. The number of likely N-dealkylation sites (N-methyl/N-ethyl adjacent to an activating group) is 2. The van der Waals surface area contributed by atoms with Crippen molar-refractivity contribution in [3.63, 3.8) is 0 Å². The van der Waals surface area contributed by atoms with Crippen LogP contribution in [0.15, 0.2) is 42.1 Å². The minimum absolute atomic E-state index is 0.0232. The first-order valence-corrected chi connectivity index (χ1v) is 13.2. The van der Waals surface area contributed by atoms with Crippen LogP contribution in [0.3, 0.4) is 0 Å². The molecule has 2 rings (SSSR count). The average molecular weight is 527 g/mol. The Morgan fingerprint density at radius 1 is 1.05 bits per heavy atom. The van der Waals surface area contributed by atoms with Crippen molar-refractivity contribution < 1.29 is 19.5 Å². The second-order valence-electron chi connectivity index (χ2n) is 12.3. The number of nitrogens with one attached hydrogen (secondary N) is 2. The van der Waals surface area contributed by atoms with Gasteiger partial charge in [0.25, 0.3) is 0 Å². The van der Waals surface area contributed by atoms with Gasteiger partial charge in [-0.3, -0.25) is 9.59 Å². The summed E-state index contributed by atoms with van der Waals surface area (Å²) in [6, 6.07) is 6.23. The number of benzene rings is 1. The molecule has 2 aromatic rings. The fourth-order valence-corrected chi connectivity index (χ4v) is 5.13. The van der Waals surface area contributed by atoms with Crippen molar-refractivity contribution in [1.29, 1.82) is 0 Å². The lowest BCUT2D eigenvalue weighted by atomic mass is 9.76. The number of aromatic nitrogens is 1. The molecule has 0 bridgehead atoms. The van der Waals surface area contributed by atoms with E-state index in [-0.39, 0.29) is 23.3 Å². The highest BCUT2D eigenvalue weighted by Gasteiger charge is 2.42. The first-order chi connectivity index (χ1) is 17.4. The van der Waals surface area contributed by atoms with Crippen LogP contribution in [0.1, 0.15) is 61.0 Å². The number of rotatable bonds is 10. The summed E-state index contributed by atoms with van der Waals surface area (Å²) in [6.07, 6.45) is 3.67. The smallest absolute Gasteiger partial charge is 0.331 e. The van der Waals surface area contributed by atoms with Crippen LogP contribution < -0.4 is 10.6 Å². The highest BCUT2D eigenvalue weighted by atomic mass is 16.4. The number of nitrogens with zero attached hydrogens (tertiary/aromatic N) is 2. The molecule has 1 aromatic heterocycles. The number of fused-ring (bicyclic) bond motifs is 1. The molecule has 0 unspecified atom stereocenters. The van der Waals surface area contributed by atoms with E-state index in [1.165, 1.54) is 6.92 Å². The lowest BCUT2D eigenvalue weighted by molar-refractivity contribution is -0.141. The Labute approximate surface area is 227 Å². The molecule has 0 spiro atoms. The summed E-state index contributed by atoms with van der Waals surface area (Å²) < 4.78 is 2.06. The van der Waals surface area contributed by atoms with E-state index < -0.39 is 34.9 Å². The molecule has 0 aliphatic carbocycles. The monoisotopic (exact) mass is 526 g/mol. The summed E-state index contributed by atoms with van der Waals surface area (Å²) in [5.41, 5.74) is 1.11. The quantitative estimate of drug-likeness (QED) is 0.405. The van der Waals surface area contributed by atoms with Gasteiger partial charge in [-0.15, -0.1) is 0 Å². The third-order valence-electron chi connectivity index (χ3n) is 7.50. The maximum Gasteiger partial charge on any atom is 0.331 e. The molecule has 38 heavy (non-hydrogen) atoms. The van der Waals surface area contributed by atoms with E-state index in [4.69, 9.17) is 0 Å². The molecule has 8 nitrogen and oxygen atoms in total. The Kier molecular flexibility index (Phi) is 9.59. The predicted molar refractivity (Wildman–Crippen MR) is 153 cm³/mol. The van der Waals surface area contributed by atoms with Crippen molar-refractivity contribution in [2.75, 3.05) is 14.1 Å². The second kappa shape index (κ2) is 11.7. The van der Waals surface area contributed by atoms with Gasteiger partial charge < -0.3 is 25.2 Å². The normalized spacial score (nSPS) is 15.3. The number of hydrogen-bond donors (Lipinski definition) is 3. The largest absolute Gasteiger partial charge is 0.478 e. The minimum Gasteiger partial charge on any atom is -0.478 e. The van der Waals surface area contributed by atoms with Gasteiger partial charge in [0.2, 0.25) is 11.8 Å². The van der Waals surface area contributed by atoms with Gasteiger partial charge in [0.15, 0.2) is 0 Å². The molecule has 0 saturated carbocycles. The molecule has 0 radical (unpaired) electrons. The van der Waals surface area contributed by atoms with Crippen LogP contribution in [-0.4, -0.2) is 64.6 Å². The molecule has 0 aliphatic rings. The summed E-state index contributed by atoms with van der Waals surface area (Å²) >= 11 is 0. The molecule has 1 aromatic carbocycles. The standard InChI is InChI=1S/C30H46N4O4/c1-18(2)23(16-19(3)28(37)38)34(11)27(36)25(29(4,5)6)32-26(35)24(31-9)30(7,8)21-17-33(10)22-15-13-12-14-20(21)22/h12-18,23-25,31H,1-11H3,(H,32,35)(H,37,38)/t23-,24-,25-/m1/s1. The first-order valence-electron chi connectivity index (χ1n) is 13.2.